The van der Waals surface area contributed by atoms with Crippen LogP contribution in [0.25, 0.3) is 0 Å². The minimum absolute atomic E-state index is 0.0932. The van der Waals surface area contributed by atoms with Gasteiger partial charge in [0, 0.05) is 18.8 Å². The minimum atomic E-state index is -4.45. The molecule has 1 heterocycles. The Labute approximate surface area is 160 Å². The minimum Gasteiger partial charge on any atom is -0.477 e. The van der Waals surface area contributed by atoms with Gasteiger partial charge in [-0.05, 0) is 54.9 Å². The molecule has 0 amide bonds. The highest BCUT2D eigenvalue weighted by molar-refractivity contribution is 7.92. The highest BCUT2D eigenvalue weighted by Crippen LogP contribution is 2.41. The van der Waals surface area contributed by atoms with E-state index in [1.165, 1.54) is 12.1 Å². The molecule has 0 unspecified atom stereocenters. The molecule has 1 N–H and O–H groups in total. The zero-order valence-electron chi connectivity index (χ0n) is 15.6. The molecular formula is C20H25NO5S. The summed E-state index contributed by atoms with van der Waals surface area (Å²) in [4.78, 5) is 13.5. The molecule has 0 aromatic heterocycles. The summed E-state index contributed by atoms with van der Waals surface area (Å²) in [5.74, 6) is -1.40. The topological polar surface area (TPSA) is 83.9 Å². The Morgan fingerprint density at radius 1 is 1.11 bits per heavy atom. The van der Waals surface area contributed by atoms with Gasteiger partial charge in [-0.15, -0.1) is 0 Å². The first-order valence-electron chi connectivity index (χ1n) is 9.09. The van der Waals surface area contributed by atoms with Crippen LogP contribution in [-0.4, -0.2) is 37.5 Å². The van der Waals surface area contributed by atoms with Crippen LogP contribution in [0.15, 0.2) is 52.6 Å². The number of hydrogen-bond donors (Lipinski definition) is 1. The van der Waals surface area contributed by atoms with Gasteiger partial charge in [-0.1, -0.05) is 32.0 Å². The highest BCUT2D eigenvalue weighted by atomic mass is 32.2. The van der Waals surface area contributed by atoms with Crippen molar-refractivity contribution in [2.45, 2.75) is 39.5 Å². The molecule has 1 aromatic carbocycles. The third kappa shape index (κ3) is 4.53. The number of nitrogens with zero attached hydrogens (tertiary/aromatic N) is 1. The molecule has 2 aliphatic rings. The second-order valence-corrected chi connectivity index (χ2v) is 9.34. The van der Waals surface area contributed by atoms with E-state index in [9.17, 15) is 18.3 Å². The van der Waals surface area contributed by atoms with Gasteiger partial charge < -0.3 is 14.2 Å². The van der Waals surface area contributed by atoms with Gasteiger partial charge in [0.1, 0.15) is 5.75 Å². The summed E-state index contributed by atoms with van der Waals surface area (Å²) in [6, 6.07) is 7.96. The van der Waals surface area contributed by atoms with Crippen LogP contribution in [0.3, 0.4) is 0 Å². The van der Waals surface area contributed by atoms with E-state index in [0.717, 1.165) is 38.0 Å². The first kappa shape index (κ1) is 19.5. The van der Waals surface area contributed by atoms with E-state index in [4.69, 9.17) is 4.18 Å². The molecule has 1 aliphatic heterocycles. The van der Waals surface area contributed by atoms with E-state index < -0.39 is 21.0 Å². The Balaban J connectivity index is 2.06. The van der Waals surface area contributed by atoms with Crippen LogP contribution >= 0.6 is 0 Å². The lowest BCUT2D eigenvalue weighted by Crippen LogP contribution is -2.29. The Morgan fingerprint density at radius 3 is 2.33 bits per heavy atom. The van der Waals surface area contributed by atoms with Gasteiger partial charge in [-0.25, -0.2) is 4.79 Å². The van der Waals surface area contributed by atoms with Crippen LogP contribution in [0.2, 0.25) is 0 Å². The molecule has 1 aliphatic carbocycles. The van der Waals surface area contributed by atoms with Crippen LogP contribution in [0.4, 0.5) is 0 Å². The van der Waals surface area contributed by atoms with E-state index in [-0.39, 0.29) is 11.2 Å². The largest absolute Gasteiger partial charge is 0.477 e. The van der Waals surface area contributed by atoms with Crippen molar-refractivity contribution >= 4 is 16.1 Å². The molecule has 1 aromatic rings. The molecule has 1 fully saturated rings. The van der Waals surface area contributed by atoms with Gasteiger partial charge in [0.05, 0.1) is 0 Å². The standard InChI is InChI=1S/C20H25NO5S/c1-20(2)13-15(12-16(14-20)21-10-6-7-11-21)18(19(22)23)27(24,25)26-17-8-4-3-5-9-17/h3-5,8-9,12H,6-7,10-11,13-14H2,1-2H3,(H,22,23)/b18-15-. The number of likely N-dealkylation sites (tertiary alicyclic amines) is 1. The quantitative estimate of drug-likeness (QED) is 0.611. The van der Waals surface area contributed by atoms with Crippen LogP contribution in [0.5, 0.6) is 5.75 Å². The van der Waals surface area contributed by atoms with Crippen LogP contribution in [-0.2, 0) is 14.9 Å². The molecule has 27 heavy (non-hydrogen) atoms. The monoisotopic (exact) mass is 391 g/mol. The maximum absolute atomic E-state index is 12.8. The Morgan fingerprint density at radius 2 is 1.74 bits per heavy atom. The molecule has 0 radical (unpaired) electrons. The van der Waals surface area contributed by atoms with Crippen molar-refractivity contribution in [2.24, 2.45) is 5.41 Å². The fourth-order valence-corrected chi connectivity index (χ4v) is 4.89. The smallest absolute Gasteiger partial charge is 0.351 e. The first-order chi connectivity index (χ1) is 12.7. The van der Waals surface area contributed by atoms with E-state index in [1.54, 1.807) is 24.3 Å². The van der Waals surface area contributed by atoms with Gasteiger partial charge >= 0.3 is 16.1 Å². The molecule has 0 bridgehead atoms. The van der Waals surface area contributed by atoms with Crippen LogP contribution in [0, 0.1) is 5.41 Å². The lowest BCUT2D eigenvalue weighted by molar-refractivity contribution is -0.131. The zero-order valence-corrected chi connectivity index (χ0v) is 16.5. The number of carboxylic acid groups (broad SMARTS) is 1. The SMILES string of the molecule is CC1(C)CC(N2CCCC2)=C/C(=C(\C(=O)O)S(=O)(=O)Oc2ccccc2)C1. The Bertz CT molecular complexity index is 878. The summed E-state index contributed by atoms with van der Waals surface area (Å²) in [6.45, 7) is 5.90. The number of hydrogen-bond acceptors (Lipinski definition) is 5. The Hall–Kier alpha value is -2.28. The van der Waals surface area contributed by atoms with Crippen molar-refractivity contribution in [2.75, 3.05) is 13.1 Å². The zero-order chi connectivity index (χ0) is 19.7. The van der Waals surface area contributed by atoms with E-state index in [0.29, 0.717) is 12.0 Å². The number of allylic oxidation sites excluding steroid dienone is 3. The summed E-state index contributed by atoms with van der Waals surface area (Å²) in [5, 5.41) is 9.70. The third-order valence-corrected chi connectivity index (χ3v) is 6.22. The first-order valence-corrected chi connectivity index (χ1v) is 10.5. The number of aliphatic carboxylic acids is 1. The van der Waals surface area contributed by atoms with E-state index >= 15 is 0 Å². The van der Waals surface area contributed by atoms with Crippen LogP contribution in [0.1, 0.15) is 39.5 Å². The van der Waals surface area contributed by atoms with Gasteiger partial charge in [0.2, 0.25) is 0 Å². The van der Waals surface area contributed by atoms with Crippen LogP contribution < -0.4 is 4.18 Å². The lowest BCUT2D eigenvalue weighted by atomic mass is 9.76. The van der Waals surface area contributed by atoms with E-state index in [2.05, 4.69) is 4.90 Å². The maximum Gasteiger partial charge on any atom is 0.351 e. The third-order valence-electron chi connectivity index (χ3n) is 4.87. The van der Waals surface area contributed by atoms with Gasteiger partial charge in [-0.3, -0.25) is 0 Å². The van der Waals surface area contributed by atoms with Gasteiger partial charge in [0.25, 0.3) is 0 Å². The molecule has 146 valence electrons. The van der Waals surface area contributed by atoms with Gasteiger partial charge in [-0.2, -0.15) is 8.42 Å². The molecule has 0 saturated carbocycles. The summed E-state index contributed by atoms with van der Waals surface area (Å²) >= 11 is 0. The predicted octanol–water partition coefficient (Wildman–Crippen LogP) is 3.53. The molecule has 6 nitrogen and oxygen atoms in total. The van der Waals surface area contributed by atoms with Crippen molar-refractivity contribution in [3.63, 3.8) is 0 Å². The normalized spacial score (nSPS) is 21.6. The van der Waals surface area contributed by atoms with Crippen molar-refractivity contribution in [1.29, 1.82) is 0 Å². The second kappa shape index (κ2) is 7.38. The average Bonchev–Trinajstić information content (AvgIpc) is 3.07. The predicted molar refractivity (Wildman–Crippen MR) is 103 cm³/mol. The highest BCUT2D eigenvalue weighted by Gasteiger charge is 2.36. The van der Waals surface area contributed by atoms with Gasteiger partial charge in [0.15, 0.2) is 4.91 Å². The Kier molecular flexibility index (Phi) is 5.33. The van der Waals surface area contributed by atoms with Crippen molar-refractivity contribution in [3.8, 4) is 5.75 Å². The van der Waals surface area contributed by atoms with Crippen molar-refractivity contribution in [1.82, 2.24) is 4.90 Å². The second-order valence-electron chi connectivity index (χ2n) is 7.86. The lowest BCUT2D eigenvalue weighted by Gasteiger charge is -2.36. The molecule has 0 atom stereocenters. The average molecular weight is 391 g/mol. The summed E-state index contributed by atoms with van der Waals surface area (Å²) in [6.07, 6.45) is 5.09. The molecule has 3 rings (SSSR count). The van der Waals surface area contributed by atoms with E-state index in [1.807, 2.05) is 13.8 Å². The summed E-state index contributed by atoms with van der Waals surface area (Å²) in [5.41, 5.74) is 1.08. The number of para-hydroxylation sites is 1. The van der Waals surface area contributed by atoms with Crippen molar-refractivity contribution in [3.05, 3.63) is 52.6 Å². The summed E-state index contributed by atoms with van der Waals surface area (Å²) in [7, 11) is -4.45. The number of benzene rings is 1. The molecule has 1 saturated heterocycles. The number of rotatable bonds is 5. The fourth-order valence-electron chi connectivity index (χ4n) is 3.77. The summed E-state index contributed by atoms with van der Waals surface area (Å²) < 4.78 is 30.7. The fraction of sp³-hybridized carbons (Fsp3) is 0.450. The molecular weight excluding hydrogens is 366 g/mol. The molecule has 0 spiro atoms. The molecule has 7 heteroatoms. The number of carboxylic acids is 1. The number of carbonyl (C=O) groups is 1. The maximum atomic E-state index is 12.8. The van der Waals surface area contributed by atoms with Crippen molar-refractivity contribution < 1.29 is 22.5 Å².